The minimum absolute atomic E-state index is 0.0660. The number of carbonyl (C=O) groups excluding carboxylic acids is 1. The molecule has 2 fully saturated rings. The number of phenolic OH excluding ortho intramolecular Hbond substituents is 1. The molecule has 6 rings (SSSR count). The van der Waals surface area contributed by atoms with Gasteiger partial charge >= 0.3 is 6.01 Å². The van der Waals surface area contributed by atoms with Gasteiger partial charge in [-0.1, -0.05) is 30.3 Å². The highest BCUT2D eigenvalue weighted by Gasteiger charge is 2.27. The van der Waals surface area contributed by atoms with Gasteiger partial charge in [0.15, 0.2) is 11.6 Å². The molecule has 2 aromatic carbocycles. The summed E-state index contributed by atoms with van der Waals surface area (Å²) in [5.74, 6) is -0.850. The summed E-state index contributed by atoms with van der Waals surface area (Å²) >= 11 is 6.55. The van der Waals surface area contributed by atoms with Crippen molar-refractivity contribution in [2.45, 2.75) is 19.8 Å². The fourth-order valence-electron chi connectivity index (χ4n) is 5.41. The summed E-state index contributed by atoms with van der Waals surface area (Å²) in [7, 11) is 5.14. The lowest BCUT2D eigenvalue weighted by Crippen LogP contribution is -2.49. The van der Waals surface area contributed by atoms with Crippen molar-refractivity contribution in [1.82, 2.24) is 24.8 Å². The van der Waals surface area contributed by atoms with Gasteiger partial charge in [0.05, 0.1) is 25.8 Å². The number of ether oxygens (including phenoxy) is 2. The molecule has 13 heteroatoms. The first kappa shape index (κ1) is 34.1. The number of aromatic hydroxyl groups is 1. The zero-order valence-corrected chi connectivity index (χ0v) is 27.1. The Hall–Kier alpha value is -4.73. The Morgan fingerprint density at radius 2 is 1.70 bits per heavy atom. The Morgan fingerprint density at radius 3 is 2.26 bits per heavy atom. The van der Waals surface area contributed by atoms with Gasteiger partial charge in [0.1, 0.15) is 11.3 Å². The number of piperazine rings is 1. The van der Waals surface area contributed by atoms with Gasteiger partial charge in [-0.25, -0.2) is 9.37 Å². The molecule has 2 saturated heterocycles. The van der Waals surface area contributed by atoms with Crippen LogP contribution in [0.2, 0.25) is 5.02 Å². The molecule has 2 aliphatic heterocycles. The summed E-state index contributed by atoms with van der Waals surface area (Å²) in [5.41, 5.74) is 2.15. The van der Waals surface area contributed by atoms with Gasteiger partial charge in [0, 0.05) is 54.6 Å². The minimum atomic E-state index is -0.985. The lowest BCUT2D eigenvalue weighted by molar-refractivity contribution is -0.128. The summed E-state index contributed by atoms with van der Waals surface area (Å²) in [6.45, 7) is 8.54. The Labute approximate surface area is 272 Å². The maximum atomic E-state index is 13.3. The molecule has 0 unspecified atom stereocenters. The molecular weight excluding hydrogens is 613 g/mol. The van der Waals surface area contributed by atoms with Crippen LogP contribution in [0.25, 0.3) is 32.9 Å². The van der Waals surface area contributed by atoms with Crippen LogP contribution in [0.1, 0.15) is 19.8 Å². The summed E-state index contributed by atoms with van der Waals surface area (Å²) in [6.07, 6.45) is 2.83. The van der Waals surface area contributed by atoms with Crippen LogP contribution >= 0.6 is 11.6 Å². The molecule has 1 amide bonds. The van der Waals surface area contributed by atoms with Crippen molar-refractivity contribution in [2.24, 2.45) is 0 Å². The third kappa shape index (κ3) is 7.73. The van der Waals surface area contributed by atoms with E-state index in [9.17, 15) is 14.3 Å². The van der Waals surface area contributed by atoms with Gasteiger partial charge in [0.25, 0.3) is 5.91 Å². The summed E-state index contributed by atoms with van der Waals surface area (Å²) in [6, 6.07) is 12.4. The van der Waals surface area contributed by atoms with E-state index in [1.807, 2.05) is 17.0 Å². The van der Waals surface area contributed by atoms with Crippen LogP contribution in [0.4, 0.5) is 10.2 Å². The third-order valence-corrected chi connectivity index (χ3v) is 7.92. The van der Waals surface area contributed by atoms with Crippen molar-refractivity contribution in [3.05, 3.63) is 53.8 Å². The predicted octanol–water partition coefficient (Wildman–Crippen LogP) is 5.59. The van der Waals surface area contributed by atoms with Crippen LogP contribution in [-0.4, -0.2) is 96.3 Å². The molecule has 4 heterocycles. The lowest BCUT2D eigenvalue weighted by Gasteiger charge is -2.35. The van der Waals surface area contributed by atoms with Gasteiger partial charge in [0.2, 0.25) is 5.88 Å². The van der Waals surface area contributed by atoms with Crippen LogP contribution in [0.3, 0.4) is 0 Å². The van der Waals surface area contributed by atoms with Crippen LogP contribution in [-0.2, 0) is 4.79 Å². The molecule has 0 radical (unpaired) electrons. The molecule has 11 nitrogen and oxygen atoms in total. The zero-order valence-electron chi connectivity index (χ0n) is 26.4. The smallest absolute Gasteiger partial charge is 0.318 e. The Kier molecular flexibility index (Phi) is 11.5. The summed E-state index contributed by atoms with van der Waals surface area (Å²) in [4.78, 5) is 31.5. The average Bonchev–Trinajstić information content (AvgIpc) is 3.54. The van der Waals surface area contributed by atoms with Crippen LogP contribution in [0, 0.1) is 11.3 Å². The van der Waals surface area contributed by atoms with Crippen molar-refractivity contribution in [1.29, 1.82) is 5.26 Å². The fraction of sp³-hybridized carbons (Fsp3) is 0.364. The van der Waals surface area contributed by atoms with E-state index >= 15 is 0 Å². The fourth-order valence-corrected chi connectivity index (χ4v) is 5.70. The molecule has 0 saturated carbocycles. The number of halogens is 2. The highest BCUT2D eigenvalue weighted by Crippen LogP contribution is 2.42. The van der Waals surface area contributed by atoms with Crippen molar-refractivity contribution in [2.75, 3.05) is 65.4 Å². The second-order valence-corrected chi connectivity index (χ2v) is 11.1. The molecule has 2 aromatic heterocycles. The molecule has 0 aliphatic carbocycles. The molecule has 0 bridgehead atoms. The van der Waals surface area contributed by atoms with E-state index in [4.69, 9.17) is 31.3 Å². The first-order chi connectivity index (χ1) is 22.1. The van der Waals surface area contributed by atoms with Crippen LogP contribution in [0.5, 0.6) is 17.6 Å². The highest BCUT2D eigenvalue weighted by molar-refractivity contribution is 6.36. The summed E-state index contributed by atoms with van der Waals surface area (Å²) < 4.78 is 24.4. The monoisotopic (exact) mass is 649 g/mol. The van der Waals surface area contributed by atoms with E-state index in [0.29, 0.717) is 59.2 Å². The van der Waals surface area contributed by atoms with Crippen molar-refractivity contribution in [3.8, 4) is 34.8 Å². The van der Waals surface area contributed by atoms with Gasteiger partial charge in [-0.05, 0) is 62.6 Å². The number of aromatic nitrogens is 3. The average molecular weight is 650 g/mol. The van der Waals surface area contributed by atoms with Crippen LogP contribution in [0.15, 0.2) is 48.8 Å². The quantitative estimate of drug-likeness (QED) is 0.273. The SMILES string of the molecule is C=C(F)C(=O)N1CCN(c2nc(OC)nc3cc(-c4cc(O)cc5cccc(Cl)c45)c(OC)nc23)CC1.CC#N.CN1CCCC1. The number of fused-ring (bicyclic) bond motifs is 2. The number of nitrogens with zero attached hydrogens (tertiary/aromatic N) is 7. The summed E-state index contributed by atoms with van der Waals surface area (Å²) in [5, 5.41) is 19.7. The first-order valence-corrected chi connectivity index (χ1v) is 15.1. The largest absolute Gasteiger partial charge is 0.508 e. The van der Waals surface area contributed by atoms with E-state index in [1.165, 1.54) is 52.0 Å². The third-order valence-electron chi connectivity index (χ3n) is 7.60. The molecule has 0 spiro atoms. The number of amides is 1. The topological polar surface area (TPSA) is 128 Å². The van der Waals surface area contributed by atoms with Gasteiger partial charge in [-0.15, -0.1) is 0 Å². The van der Waals surface area contributed by atoms with E-state index < -0.39 is 11.7 Å². The van der Waals surface area contributed by atoms with E-state index in [-0.39, 0.29) is 17.6 Å². The van der Waals surface area contributed by atoms with E-state index in [0.717, 1.165) is 10.8 Å². The van der Waals surface area contributed by atoms with Gasteiger partial charge in [-0.3, -0.25) is 4.79 Å². The molecule has 4 aromatic rings. The zero-order chi connectivity index (χ0) is 33.4. The van der Waals surface area contributed by atoms with Crippen molar-refractivity contribution >= 4 is 45.1 Å². The number of rotatable bonds is 5. The second-order valence-electron chi connectivity index (χ2n) is 10.7. The molecule has 2 aliphatic rings. The van der Waals surface area contributed by atoms with Crippen molar-refractivity contribution < 1.29 is 23.8 Å². The number of hydrogen-bond donors (Lipinski definition) is 1. The minimum Gasteiger partial charge on any atom is -0.508 e. The van der Waals surface area contributed by atoms with Crippen LogP contribution < -0.4 is 14.4 Å². The maximum Gasteiger partial charge on any atom is 0.318 e. The molecule has 0 atom stereocenters. The molecular formula is C33H37ClFN7O4. The highest BCUT2D eigenvalue weighted by atomic mass is 35.5. The van der Waals surface area contributed by atoms with Gasteiger partial charge < -0.3 is 29.3 Å². The Bertz CT molecular complexity index is 1770. The Morgan fingerprint density at radius 1 is 1.02 bits per heavy atom. The van der Waals surface area contributed by atoms with Crippen molar-refractivity contribution in [3.63, 3.8) is 0 Å². The van der Waals surface area contributed by atoms with Gasteiger partial charge in [-0.2, -0.15) is 15.2 Å². The molecule has 46 heavy (non-hydrogen) atoms. The number of phenols is 1. The standard InChI is InChI=1S/C26H23ClFN5O4.C5H11N.C2H3N/c1-14(28)25(35)33-9-7-32(8-10-33)23-22-20(29-26(31-23)37-3)13-18(24(30-22)36-2)17-12-16(34)11-15-5-4-6-19(27)21(15)17;1-6-4-2-3-5-6;1-2-3/h4-6,11-13,34H,1,7-10H2,2-3H3;2-5H2,1H3;1H3. The second kappa shape index (κ2) is 15.5. The Balaban J connectivity index is 0.000000466. The van der Waals surface area contributed by atoms with E-state index in [2.05, 4.69) is 28.5 Å². The predicted molar refractivity (Wildman–Crippen MR) is 177 cm³/mol. The maximum absolute atomic E-state index is 13.3. The number of methoxy groups -OCH3 is 2. The molecule has 1 N–H and O–H groups in total. The number of benzene rings is 2. The number of likely N-dealkylation sites (tertiary alicyclic amines) is 1. The number of hydrogen-bond acceptors (Lipinski definition) is 10. The normalized spacial score (nSPS) is 14.5. The number of nitriles is 1. The lowest BCUT2D eigenvalue weighted by atomic mass is 9.98. The number of carbonyl (C=O) groups is 1. The number of anilines is 1. The molecule has 242 valence electrons. The number of pyridine rings is 1. The first-order valence-electron chi connectivity index (χ1n) is 14.7. The van der Waals surface area contributed by atoms with E-state index in [1.54, 1.807) is 30.3 Å².